The molecular weight excluding hydrogens is 464 g/mol. The van der Waals surface area contributed by atoms with E-state index in [0.717, 1.165) is 51.4 Å². The highest BCUT2D eigenvalue weighted by Crippen LogP contribution is 2.12. The van der Waals surface area contributed by atoms with Gasteiger partial charge in [-0.1, -0.05) is 6.07 Å². The Hall–Kier alpha value is -0.970. The van der Waals surface area contributed by atoms with Gasteiger partial charge in [-0.3, -0.25) is 4.99 Å². The van der Waals surface area contributed by atoms with E-state index in [9.17, 15) is 4.39 Å². The molecule has 1 aromatic rings. The van der Waals surface area contributed by atoms with Gasteiger partial charge in [0.2, 0.25) is 0 Å². The van der Waals surface area contributed by atoms with Crippen molar-refractivity contribution in [2.45, 2.75) is 26.0 Å². The first-order chi connectivity index (χ1) is 12.7. The van der Waals surface area contributed by atoms with Crippen LogP contribution in [0.15, 0.2) is 23.2 Å². The summed E-state index contributed by atoms with van der Waals surface area (Å²) in [5.74, 6) is 1.02. The second-order valence-corrected chi connectivity index (χ2v) is 6.37. The minimum absolute atomic E-state index is 0. The van der Waals surface area contributed by atoms with Gasteiger partial charge in [-0.05, 0) is 30.5 Å². The predicted octanol–water partition coefficient (Wildman–Crippen LogP) is 2.70. The van der Waals surface area contributed by atoms with Crippen molar-refractivity contribution in [3.63, 3.8) is 0 Å². The third-order valence-corrected chi connectivity index (χ3v) is 4.23. The van der Waals surface area contributed by atoms with E-state index in [1.165, 1.54) is 6.07 Å². The molecule has 1 saturated heterocycles. The van der Waals surface area contributed by atoms with E-state index < -0.39 is 0 Å². The number of nitrogens with zero attached hydrogens (tertiary/aromatic N) is 1. The van der Waals surface area contributed by atoms with Gasteiger partial charge in [0.05, 0.1) is 19.8 Å². The van der Waals surface area contributed by atoms with Crippen LogP contribution in [0, 0.1) is 11.7 Å². The first kappa shape index (κ1) is 24.1. The highest BCUT2D eigenvalue weighted by molar-refractivity contribution is 14.0. The molecule has 6 nitrogen and oxygen atoms in total. The zero-order chi connectivity index (χ0) is 18.6. The van der Waals surface area contributed by atoms with Crippen molar-refractivity contribution in [1.29, 1.82) is 0 Å². The van der Waals surface area contributed by atoms with Crippen molar-refractivity contribution in [2.75, 3.05) is 47.1 Å². The average Bonchev–Trinajstić information content (AvgIpc) is 3.16. The molecule has 1 aliphatic rings. The summed E-state index contributed by atoms with van der Waals surface area (Å²) in [6.45, 7) is 4.79. The fourth-order valence-corrected chi connectivity index (χ4v) is 2.76. The number of hydrogen-bond acceptors (Lipinski definition) is 4. The van der Waals surface area contributed by atoms with Crippen molar-refractivity contribution in [2.24, 2.45) is 10.9 Å². The number of halogens is 2. The highest BCUT2D eigenvalue weighted by atomic mass is 127. The summed E-state index contributed by atoms with van der Waals surface area (Å²) in [6.07, 6.45) is 2.01. The van der Waals surface area contributed by atoms with E-state index in [1.54, 1.807) is 26.3 Å². The maximum Gasteiger partial charge on any atom is 0.191 e. The number of rotatable bonds is 10. The molecule has 2 rings (SSSR count). The van der Waals surface area contributed by atoms with Gasteiger partial charge in [0.15, 0.2) is 5.96 Å². The molecular formula is C19H31FIN3O3. The van der Waals surface area contributed by atoms with Gasteiger partial charge in [-0.2, -0.15) is 0 Å². The SMILES string of the molecule is CN=C(NCCCOCC1CCOC1)NCc1ccc(F)c(COC)c1.I. The summed E-state index contributed by atoms with van der Waals surface area (Å²) in [5.41, 5.74) is 1.53. The third-order valence-electron chi connectivity index (χ3n) is 4.23. The first-order valence-corrected chi connectivity index (χ1v) is 9.09. The zero-order valence-electron chi connectivity index (χ0n) is 16.1. The van der Waals surface area contributed by atoms with Crippen LogP contribution < -0.4 is 10.6 Å². The van der Waals surface area contributed by atoms with E-state index in [1.807, 2.05) is 0 Å². The van der Waals surface area contributed by atoms with E-state index in [0.29, 0.717) is 24.0 Å². The molecule has 0 bridgehead atoms. The quantitative estimate of drug-likeness (QED) is 0.226. The molecule has 2 N–H and O–H groups in total. The Morgan fingerprint density at radius 2 is 2.22 bits per heavy atom. The predicted molar refractivity (Wildman–Crippen MR) is 115 cm³/mol. The van der Waals surface area contributed by atoms with Crippen LogP contribution in [0.1, 0.15) is 24.0 Å². The standard InChI is InChI=1S/C19H30FN3O3.HI/c1-21-19(22-7-3-8-25-12-16-6-9-26-13-16)23-11-15-4-5-18(20)17(10-15)14-24-2;/h4-5,10,16H,3,6-9,11-14H2,1-2H3,(H2,21,22,23);1H. The van der Waals surface area contributed by atoms with Crippen LogP contribution in [0.4, 0.5) is 4.39 Å². The lowest BCUT2D eigenvalue weighted by molar-refractivity contribution is 0.0888. The summed E-state index contributed by atoms with van der Waals surface area (Å²) in [4.78, 5) is 4.20. The van der Waals surface area contributed by atoms with Crippen molar-refractivity contribution < 1.29 is 18.6 Å². The Morgan fingerprint density at radius 1 is 1.37 bits per heavy atom. The molecule has 1 aliphatic heterocycles. The molecule has 1 fully saturated rings. The van der Waals surface area contributed by atoms with Crippen LogP contribution in [-0.4, -0.2) is 53.1 Å². The Morgan fingerprint density at radius 3 is 2.93 bits per heavy atom. The molecule has 1 unspecified atom stereocenters. The van der Waals surface area contributed by atoms with E-state index in [4.69, 9.17) is 14.2 Å². The molecule has 0 aliphatic carbocycles. The number of hydrogen-bond donors (Lipinski definition) is 2. The summed E-state index contributed by atoms with van der Waals surface area (Å²) in [6, 6.07) is 5.03. The number of benzene rings is 1. The third kappa shape index (κ3) is 9.18. The summed E-state index contributed by atoms with van der Waals surface area (Å²) < 4.78 is 29.7. The number of nitrogens with one attached hydrogen (secondary N) is 2. The maximum atomic E-state index is 13.6. The van der Waals surface area contributed by atoms with Crippen molar-refractivity contribution in [3.8, 4) is 0 Å². The molecule has 27 heavy (non-hydrogen) atoms. The number of guanidine groups is 1. The molecule has 0 aromatic heterocycles. The van der Waals surface area contributed by atoms with Gasteiger partial charge in [0.1, 0.15) is 5.82 Å². The zero-order valence-corrected chi connectivity index (χ0v) is 18.5. The van der Waals surface area contributed by atoms with E-state index >= 15 is 0 Å². The largest absolute Gasteiger partial charge is 0.381 e. The van der Waals surface area contributed by atoms with Gasteiger partial charge < -0.3 is 24.8 Å². The van der Waals surface area contributed by atoms with E-state index in [-0.39, 0.29) is 36.4 Å². The van der Waals surface area contributed by atoms with Gasteiger partial charge in [0, 0.05) is 51.9 Å². The first-order valence-electron chi connectivity index (χ1n) is 9.09. The average molecular weight is 495 g/mol. The van der Waals surface area contributed by atoms with Crippen LogP contribution in [0.2, 0.25) is 0 Å². The molecule has 0 radical (unpaired) electrons. The van der Waals surface area contributed by atoms with Crippen molar-refractivity contribution in [1.82, 2.24) is 10.6 Å². The van der Waals surface area contributed by atoms with Crippen molar-refractivity contribution >= 4 is 29.9 Å². The summed E-state index contributed by atoms with van der Waals surface area (Å²) in [5, 5.41) is 6.48. The fourth-order valence-electron chi connectivity index (χ4n) is 2.76. The molecule has 0 saturated carbocycles. The smallest absolute Gasteiger partial charge is 0.191 e. The lowest BCUT2D eigenvalue weighted by atomic mass is 10.1. The Balaban J connectivity index is 0.00000364. The Kier molecular flexibility index (Phi) is 12.6. The molecule has 1 aromatic carbocycles. The monoisotopic (exact) mass is 495 g/mol. The van der Waals surface area contributed by atoms with Crippen LogP contribution in [0.25, 0.3) is 0 Å². The van der Waals surface area contributed by atoms with Gasteiger partial charge >= 0.3 is 0 Å². The minimum Gasteiger partial charge on any atom is -0.381 e. The highest BCUT2D eigenvalue weighted by Gasteiger charge is 2.15. The Bertz CT molecular complexity index is 569. The summed E-state index contributed by atoms with van der Waals surface area (Å²) in [7, 11) is 3.29. The van der Waals surface area contributed by atoms with Crippen LogP contribution in [0.5, 0.6) is 0 Å². The molecule has 0 amide bonds. The van der Waals surface area contributed by atoms with Crippen molar-refractivity contribution in [3.05, 3.63) is 35.1 Å². The second kappa shape index (κ2) is 14.1. The van der Waals surface area contributed by atoms with Gasteiger partial charge in [-0.15, -0.1) is 24.0 Å². The van der Waals surface area contributed by atoms with E-state index in [2.05, 4.69) is 15.6 Å². The molecule has 0 spiro atoms. The topological polar surface area (TPSA) is 64.1 Å². The lowest BCUT2D eigenvalue weighted by Gasteiger charge is -2.13. The maximum absolute atomic E-state index is 13.6. The minimum atomic E-state index is -0.248. The lowest BCUT2D eigenvalue weighted by Crippen LogP contribution is -2.37. The van der Waals surface area contributed by atoms with Crippen LogP contribution in [0.3, 0.4) is 0 Å². The summed E-state index contributed by atoms with van der Waals surface area (Å²) >= 11 is 0. The number of aliphatic imine (C=N–C) groups is 1. The molecule has 1 heterocycles. The van der Waals surface area contributed by atoms with Gasteiger partial charge in [0.25, 0.3) is 0 Å². The Labute approximate surface area is 178 Å². The molecule has 154 valence electrons. The number of methoxy groups -OCH3 is 1. The number of ether oxygens (including phenoxy) is 3. The molecule has 1 atom stereocenters. The fraction of sp³-hybridized carbons (Fsp3) is 0.632. The van der Waals surface area contributed by atoms with Crippen LogP contribution in [-0.2, 0) is 27.4 Å². The van der Waals surface area contributed by atoms with Crippen LogP contribution >= 0.6 is 24.0 Å². The van der Waals surface area contributed by atoms with Gasteiger partial charge in [-0.25, -0.2) is 4.39 Å². The second-order valence-electron chi connectivity index (χ2n) is 6.37. The normalized spacial score (nSPS) is 16.9. The molecule has 8 heteroatoms.